The topological polar surface area (TPSA) is 38.3 Å². The third-order valence-electron chi connectivity index (χ3n) is 4.35. The van der Waals surface area contributed by atoms with E-state index in [0.717, 1.165) is 33.7 Å². The summed E-state index contributed by atoms with van der Waals surface area (Å²) in [6.45, 7) is 6.18. The van der Waals surface area contributed by atoms with E-state index in [1.165, 1.54) is 0 Å². The van der Waals surface area contributed by atoms with Crippen molar-refractivity contribution in [2.24, 2.45) is 0 Å². The zero-order chi connectivity index (χ0) is 17.4. The number of nitrogens with one attached hydrogen (secondary N) is 1. The van der Waals surface area contributed by atoms with Gasteiger partial charge in [0, 0.05) is 21.8 Å². The smallest absolute Gasteiger partial charge is 0.256 e. The highest BCUT2D eigenvalue weighted by Gasteiger charge is 2.26. The van der Waals surface area contributed by atoms with Crippen LogP contribution >= 0.6 is 11.6 Å². The lowest BCUT2D eigenvalue weighted by Gasteiger charge is -2.13. The summed E-state index contributed by atoms with van der Waals surface area (Å²) < 4.78 is 5.43. The Morgan fingerprint density at radius 3 is 2.62 bits per heavy atom. The minimum absolute atomic E-state index is 0.0997. The molecule has 124 valence electrons. The van der Waals surface area contributed by atoms with Gasteiger partial charge in [-0.25, -0.2) is 0 Å². The number of methoxy groups -OCH3 is 1. The number of amides is 1. The van der Waals surface area contributed by atoms with Crippen LogP contribution in [0.1, 0.15) is 42.0 Å². The lowest BCUT2D eigenvalue weighted by molar-refractivity contribution is -0.110. The lowest BCUT2D eigenvalue weighted by Crippen LogP contribution is -2.03. The average Bonchev–Trinajstić information content (AvgIpc) is 2.87. The molecule has 1 N–H and O–H groups in total. The standard InChI is InChI=1S/C20H20ClNO2/c1-11(2)14-9-13(5-8-18(14)24-4)10-15-19-12(3)16(21)6-7-17(19)22-20(15)23/h5-11H,1-4H3,(H,22,23). The van der Waals surface area contributed by atoms with Crippen LogP contribution in [0, 0.1) is 6.92 Å². The zero-order valence-corrected chi connectivity index (χ0v) is 15.0. The van der Waals surface area contributed by atoms with Crippen molar-refractivity contribution in [1.82, 2.24) is 0 Å². The quantitative estimate of drug-likeness (QED) is 0.772. The number of halogens is 1. The van der Waals surface area contributed by atoms with Gasteiger partial charge in [-0.15, -0.1) is 0 Å². The molecule has 2 aromatic carbocycles. The van der Waals surface area contributed by atoms with Gasteiger partial charge in [-0.2, -0.15) is 0 Å². The molecule has 0 saturated heterocycles. The molecule has 24 heavy (non-hydrogen) atoms. The summed E-state index contributed by atoms with van der Waals surface area (Å²) in [6.07, 6.45) is 1.91. The van der Waals surface area contributed by atoms with Gasteiger partial charge in [-0.3, -0.25) is 4.79 Å². The number of fused-ring (bicyclic) bond motifs is 1. The van der Waals surface area contributed by atoms with Crippen molar-refractivity contribution in [3.05, 3.63) is 57.6 Å². The number of carbonyl (C=O) groups is 1. The molecule has 1 amide bonds. The largest absolute Gasteiger partial charge is 0.496 e. The monoisotopic (exact) mass is 341 g/mol. The molecule has 1 aliphatic rings. The molecule has 0 saturated carbocycles. The molecule has 3 rings (SSSR count). The van der Waals surface area contributed by atoms with Crippen molar-refractivity contribution in [3.63, 3.8) is 0 Å². The van der Waals surface area contributed by atoms with E-state index in [0.29, 0.717) is 16.5 Å². The fraction of sp³-hybridized carbons (Fsp3) is 0.250. The molecule has 0 fully saturated rings. The van der Waals surface area contributed by atoms with Crippen molar-refractivity contribution >= 4 is 34.8 Å². The lowest BCUT2D eigenvalue weighted by atomic mass is 9.96. The molecule has 0 unspecified atom stereocenters. The molecule has 0 bridgehead atoms. The maximum atomic E-state index is 12.4. The van der Waals surface area contributed by atoms with Crippen molar-refractivity contribution in [2.45, 2.75) is 26.7 Å². The molecule has 1 heterocycles. The van der Waals surface area contributed by atoms with Gasteiger partial charge >= 0.3 is 0 Å². The third-order valence-corrected chi connectivity index (χ3v) is 4.76. The second-order valence-corrected chi connectivity index (χ2v) is 6.67. The van der Waals surface area contributed by atoms with Crippen LogP contribution in [0.25, 0.3) is 11.6 Å². The van der Waals surface area contributed by atoms with E-state index in [1.807, 2.05) is 37.3 Å². The van der Waals surface area contributed by atoms with E-state index in [9.17, 15) is 4.79 Å². The van der Waals surface area contributed by atoms with E-state index in [4.69, 9.17) is 16.3 Å². The summed E-state index contributed by atoms with van der Waals surface area (Å²) in [7, 11) is 1.67. The first-order chi connectivity index (χ1) is 11.4. The van der Waals surface area contributed by atoms with Crippen LogP contribution in [0.5, 0.6) is 5.75 Å². The van der Waals surface area contributed by atoms with Gasteiger partial charge in [-0.05, 0) is 59.9 Å². The zero-order valence-electron chi connectivity index (χ0n) is 14.2. The Balaban J connectivity index is 2.12. The van der Waals surface area contributed by atoms with Crippen molar-refractivity contribution in [3.8, 4) is 5.75 Å². The molecule has 0 spiro atoms. The van der Waals surface area contributed by atoms with Crippen molar-refractivity contribution in [1.29, 1.82) is 0 Å². The fourth-order valence-electron chi connectivity index (χ4n) is 3.04. The van der Waals surface area contributed by atoms with Crippen LogP contribution in [-0.4, -0.2) is 13.0 Å². The normalized spacial score (nSPS) is 14.9. The molecule has 3 nitrogen and oxygen atoms in total. The predicted octanol–water partition coefficient (Wildman–Crippen LogP) is 5.27. The highest BCUT2D eigenvalue weighted by molar-refractivity contribution is 6.37. The molecule has 0 aliphatic carbocycles. The van der Waals surface area contributed by atoms with E-state index >= 15 is 0 Å². The molecule has 0 atom stereocenters. The Hall–Kier alpha value is -2.26. The molecular weight excluding hydrogens is 322 g/mol. The van der Waals surface area contributed by atoms with Gasteiger partial charge in [0.15, 0.2) is 0 Å². The van der Waals surface area contributed by atoms with Crippen LogP contribution < -0.4 is 10.1 Å². The number of anilines is 1. The average molecular weight is 342 g/mol. The molecule has 4 heteroatoms. The Labute approximate surface area is 147 Å². The van der Waals surface area contributed by atoms with Gasteiger partial charge in [0.1, 0.15) is 5.75 Å². The van der Waals surface area contributed by atoms with Crippen LogP contribution in [0.3, 0.4) is 0 Å². The minimum atomic E-state index is -0.0997. The van der Waals surface area contributed by atoms with Crippen molar-refractivity contribution < 1.29 is 9.53 Å². The third kappa shape index (κ3) is 2.80. The Kier molecular flexibility index (Phi) is 4.37. The number of hydrogen-bond donors (Lipinski definition) is 1. The molecule has 2 aromatic rings. The summed E-state index contributed by atoms with van der Waals surface area (Å²) in [6, 6.07) is 9.63. The summed E-state index contributed by atoms with van der Waals surface area (Å²) in [4.78, 5) is 12.4. The summed E-state index contributed by atoms with van der Waals surface area (Å²) in [5, 5.41) is 3.57. The number of ether oxygens (including phenoxy) is 1. The van der Waals surface area contributed by atoms with Crippen LogP contribution in [-0.2, 0) is 4.79 Å². The molecule has 0 aromatic heterocycles. The SMILES string of the molecule is COc1ccc(C=C2C(=O)Nc3ccc(Cl)c(C)c32)cc1C(C)C. The van der Waals surface area contributed by atoms with E-state index in [2.05, 4.69) is 25.2 Å². The van der Waals surface area contributed by atoms with E-state index in [1.54, 1.807) is 7.11 Å². The first kappa shape index (κ1) is 16.6. The van der Waals surface area contributed by atoms with Gasteiger partial charge in [0.2, 0.25) is 0 Å². The summed E-state index contributed by atoms with van der Waals surface area (Å²) in [5.41, 5.74) is 5.34. The van der Waals surface area contributed by atoms with E-state index in [-0.39, 0.29) is 5.91 Å². The fourth-order valence-corrected chi connectivity index (χ4v) is 3.20. The summed E-state index contributed by atoms with van der Waals surface area (Å²) >= 11 is 6.23. The molecule has 0 radical (unpaired) electrons. The van der Waals surface area contributed by atoms with Crippen LogP contribution in [0.15, 0.2) is 30.3 Å². The van der Waals surface area contributed by atoms with Crippen LogP contribution in [0.4, 0.5) is 5.69 Å². The first-order valence-electron chi connectivity index (χ1n) is 7.92. The van der Waals surface area contributed by atoms with Crippen molar-refractivity contribution in [2.75, 3.05) is 12.4 Å². The van der Waals surface area contributed by atoms with Gasteiger partial charge in [-0.1, -0.05) is 31.5 Å². The van der Waals surface area contributed by atoms with Gasteiger partial charge < -0.3 is 10.1 Å². The molecular formula is C20H20ClNO2. The number of hydrogen-bond acceptors (Lipinski definition) is 2. The highest BCUT2D eigenvalue weighted by Crippen LogP contribution is 2.39. The number of carbonyl (C=O) groups excluding carboxylic acids is 1. The Bertz CT molecular complexity index is 853. The predicted molar refractivity (Wildman–Crippen MR) is 99.8 cm³/mol. The number of benzene rings is 2. The first-order valence-corrected chi connectivity index (χ1v) is 8.30. The maximum Gasteiger partial charge on any atom is 0.256 e. The Morgan fingerprint density at radius 2 is 1.96 bits per heavy atom. The van der Waals surface area contributed by atoms with Gasteiger partial charge in [0.25, 0.3) is 5.91 Å². The number of rotatable bonds is 3. The minimum Gasteiger partial charge on any atom is -0.496 e. The second kappa shape index (κ2) is 6.33. The van der Waals surface area contributed by atoms with Gasteiger partial charge in [0.05, 0.1) is 7.11 Å². The highest BCUT2D eigenvalue weighted by atomic mass is 35.5. The van der Waals surface area contributed by atoms with E-state index < -0.39 is 0 Å². The summed E-state index contributed by atoms with van der Waals surface area (Å²) in [5.74, 6) is 1.10. The Morgan fingerprint density at radius 1 is 1.21 bits per heavy atom. The second-order valence-electron chi connectivity index (χ2n) is 6.26. The molecule has 1 aliphatic heterocycles. The maximum absolute atomic E-state index is 12.4. The van der Waals surface area contributed by atoms with Crippen LogP contribution in [0.2, 0.25) is 5.02 Å².